The molecule has 0 atom stereocenters. The molecule has 1 N–H and O–H groups in total. The number of H-pyrrole nitrogens is 1. The molecule has 7 heteroatoms. The summed E-state index contributed by atoms with van der Waals surface area (Å²) in [6, 6.07) is 8.84. The number of carbonyl (C=O) groups excluding carboxylic acids is 1. The van der Waals surface area contributed by atoms with Crippen LogP contribution in [0, 0.1) is 13.8 Å². The van der Waals surface area contributed by atoms with E-state index in [1.807, 2.05) is 19.9 Å². The molecule has 1 aromatic carbocycles. The Morgan fingerprint density at radius 2 is 1.87 bits per heavy atom. The second-order valence-electron chi connectivity index (χ2n) is 7.67. The highest BCUT2D eigenvalue weighted by molar-refractivity contribution is 5.81. The van der Waals surface area contributed by atoms with Crippen LogP contribution in [0.4, 0.5) is 4.79 Å². The topological polar surface area (TPSA) is 84.5 Å². The molecule has 1 aliphatic rings. The Kier molecular flexibility index (Phi) is 5.44. The fourth-order valence-electron chi connectivity index (χ4n) is 3.95. The number of hydrogen-bond donors (Lipinski definition) is 1. The summed E-state index contributed by atoms with van der Waals surface area (Å²) in [4.78, 5) is 34.3. The molecule has 1 fully saturated rings. The quantitative estimate of drug-likeness (QED) is 0.703. The Hall–Kier alpha value is -3.35. The number of carbonyl (C=O) groups is 1. The van der Waals surface area contributed by atoms with Crippen molar-refractivity contribution in [3.05, 3.63) is 51.7 Å². The third-order valence-corrected chi connectivity index (χ3v) is 5.40. The number of likely N-dealkylation sites (tertiary alicyclic amines) is 1. The summed E-state index contributed by atoms with van der Waals surface area (Å²) in [5, 5.41) is 0.431. The van der Waals surface area contributed by atoms with Gasteiger partial charge < -0.3 is 19.4 Å². The molecular formula is C23H25N3O4. The number of aryl methyl sites for hydroxylation is 2. The molecule has 1 aliphatic heterocycles. The number of rotatable bonds is 3. The number of nitrogens with zero attached hydrogens (tertiary/aromatic N) is 2. The standard InChI is InChI=1S/C23H25N3O4/c1-14-11-15(2)21(19(12-14)29-3)17-8-7-16-18(27)13-20(25-22(16)24-17)30-23(28)26-9-5-4-6-10-26/h7-8,11-13H,4-6,9-10H2,1-3H3,(H,24,25,27). The number of amides is 1. The minimum absolute atomic E-state index is 0.0975. The number of aromatic amines is 1. The van der Waals surface area contributed by atoms with Crippen molar-refractivity contribution in [2.45, 2.75) is 33.1 Å². The van der Waals surface area contributed by atoms with Crippen molar-refractivity contribution in [1.82, 2.24) is 14.9 Å². The summed E-state index contributed by atoms with van der Waals surface area (Å²) < 4.78 is 11.0. The number of hydrogen-bond acceptors (Lipinski definition) is 5. The minimum atomic E-state index is -0.447. The zero-order chi connectivity index (χ0) is 21.3. The Morgan fingerprint density at radius 1 is 1.10 bits per heavy atom. The van der Waals surface area contributed by atoms with Crippen LogP contribution in [0.5, 0.6) is 11.6 Å². The molecule has 2 aromatic heterocycles. The summed E-state index contributed by atoms with van der Waals surface area (Å²) in [5.74, 6) is 0.815. The van der Waals surface area contributed by atoms with Crippen LogP contribution in [-0.4, -0.2) is 41.2 Å². The maximum atomic E-state index is 12.6. The predicted octanol–water partition coefficient (Wildman–Crippen LogP) is 4.20. The lowest BCUT2D eigenvalue weighted by Crippen LogP contribution is -2.37. The molecule has 0 aliphatic carbocycles. The van der Waals surface area contributed by atoms with Crippen molar-refractivity contribution in [2.75, 3.05) is 20.2 Å². The van der Waals surface area contributed by atoms with Crippen LogP contribution < -0.4 is 14.9 Å². The lowest BCUT2D eigenvalue weighted by molar-refractivity contribution is 0.141. The van der Waals surface area contributed by atoms with Crippen molar-refractivity contribution in [1.29, 1.82) is 0 Å². The second-order valence-corrected chi connectivity index (χ2v) is 7.67. The smallest absolute Gasteiger partial charge is 0.416 e. The van der Waals surface area contributed by atoms with E-state index in [-0.39, 0.29) is 11.3 Å². The van der Waals surface area contributed by atoms with Crippen LogP contribution >= 0.6 is 0 Å². The van der Waals surface area contributed by atoms with Gasteiger partial charge in [0.05, 0.1) is 18.2 Å². The van der Waals surface area contributed by atoms with E-state index in [2.05, 4.69) is 16.0 Å². The van der Waals surface area contributed by atoms with Gasteiger partial charge in [-0.1, -0.05) is 6.07 Å². The Morgan fingerprint density at radius 3 is 2.60 bits per heavy atom. The fraction of sp³-hybridized carbons (Fsp3) is 0.348. The van der Waals surface area contributed by atoms with Crippen LogP contribution in [-0.2, 0) is 0 Å². The first-order chi connectivity index (χ1) is 14.5. The number of piperidine rings is 1. The molecule has 3 heterocycles. The first kappa shape index (κ1) is 19.9. The number of aromatic nitrogens is 2. The van der Waals surface area contributed by atoms with Crippen LogP contribution in [0.15, 0.2) is 35.1 Å². The first-order valence-electron chi connectivity index (χ1n) is 10.1. The summed E-state index contributed by atoms with van der Waals surface area (Å²) in [6.45, 7) is 5.35. The summed E-state index contributed by atoms with van der Waals surface area (Å²) in [6.07, 6.45) is 2.60. The molecule has 30 heavy (non-hydrogen) atoms. The molecular weight excluding hydrogens is 382 g/mol. The molecule has 0 saturated carbocycles. The van der Waals surface area contributed by atoms with Gasteiger partial charge in [-0.25, -0.2) is 9.78 Å². The molecule has 0 unspecified atom stereocenters. The third kappa shape index (κ3) is 3.87. The van der Waals surface area contributed by atoms with Gasteiger partial charge in [-0.15, -0.1) is 0 Å². The Balaban J connectivity index is 1.72. The largest absolute Gasteiger partial charge is 0.496 e. The van der Waals surface area contributed by atoms with Gasteiger partial charge in [0.15, 0.2) is 5.43 Å². The van der Waals surface area contributed by atoms with Crippen molar-refractivity contribution < 1.29 is 14.3 Å². The predicted molar refractivity (Wildman–Crippen MR) is 115 cm³/mol. The zero-order valence-electron chi connectivity index (χ0n) is 17.4. The molecule has 1 saturated heterocycles. The highest BCUT2D eigenvalue weighted by Crippen LogP contribution is 2.33. The van der Waals surface area contributed by atoms with E-state index in [0.717, 1.165) is 41.7 Å². The maximum Gasteiger partial charge on any atom is 0.416 e. The highest BCUT2D eigenvalue weighted by atomic mass is 16.6. The zero-order valence-corrected chi connectivity index (χ0v) is 17.4. The van der Waals surface area contributed by atoms with Crippen LogP contribution in [0.1, 0.15) is 30.4 Å². The maximum absolute atomic E-state index is 12.6. The van der Waals surface area contributed by atoms with Crippen molar-refractivity contribution >= 4 is 17.1 Å². The van der Waals surface area contributed by atoms with E-state index >= 15 is 0 Å². The minimum Gasteiger partial charge on any atom is -0.496 e. The number of pyridine rings is 2. The molecule has 3 aromatic rings. The van der Waals surface area contributed by atoms with Crippen LogP contribution in [0.3, 0.4) is 0 Å². The van der Waals surface area contributed by atoms with Crippen LogP contribution in [0.25, 0.3) is 22.3 Å². The highest BCUT2D eigenvalue weighted by Gasteiger charge is 2.19. The van der Waals surface area contributed by atoms with Crippen LogP contribution in [0.2, 0.25) is 0 Å². The number of methoxy groups -OCH3 is 1. The number of fused-ring (bicyclic) bond motifs is 1. The van der Waals surface area contributed by atoms with Gasteiger partial charge in [0, 0.05) is 24.7 Å². The Bertz CT molecular complexity index is 1160. The van der Waals surface area contributed by atoms with Crippen molar-refractivity contribution in [3.8, 4) is 22.9 Å². The molecule has 0 radical (unpaired) electrons. The Labute approximate surface area is 174 Å². The van der Waals surface area contributed by atoms with Crippen molar-refractivity contribution in [2.24, 2.45) is 0 Å². The summed E-state index contributed by atoms with van der Waals surface area (Å²) in [7, 11) is 1.62. The molecule has 4 rings (SSSR count). The average molecular weight is 407 g/mol. The fourth-order valence-corrected chi connectivity index (χ4v) is 3.95. The normalized spacial score (nSPS) is 14.0. The first-order valence-corrected chi connectivity index (χ1v) is 10.1. The van der Waals surface area contributed by atoms with Gasteiger partial charge in [0.1, 0.15) is 11.4 Å². The molecule has 156 valence electrons. The second kappa shape index (κ2) is 8.18. The van der Waals surface area contributed by atoms with E-state index in [4.69, 9.17) is 9.47 Å². The molecule has 7 nitrogen and oxygen atoms in total. The van der Waals surface area contributed by atoms with E-state index in [0.29, 0.717) is 29.8 Å². The van der Waals surface area contributed by atoms with Gasteiger partial charge in [0.25, 0.3) is 0 Å². The lowest BCUT2D eigenvalue weighted by Gasteiger charge is -2.25. The lowest BCUT2D eigenvalue weighted by atomic mass is 10.0. The monoisotopic (exact) mass is 407 g/mol. The van der Waals surface area contributed by atoms with E-state index in [1.165, 1.54) is 6.07 Å². The molecule has 1 amide bonds. The third-order valence-electron chi connectivity index (χ3n) is 5.40. The SMILES string of the molecule is COc1cc(C)cc(C)c1-c1ccc2c(=O)cc(OC(=O)N3CCCCC3)[nH]c2n1. The van der Waals surface area contributed by atoms with Gasteiger partial charge in [-0.3, -0.25) is 4.79 Å². The number of nitrogens with one attached hydrogen (secondary N) is 1. The van der Waals surface area contributed by atoms with Gasteiger partial charge in [-0.05, 0) is 62.4 Å². The molecule has 0 spiro atoms. The average Bonchev–Trinajstić information content (AvgIpc) is 2.73. The summed E-state index contributed by atoms with van der Waals surface area (Å²) in [5.41, 5.74) is 3.76. The van der Waals surface area contributed by atoms with Crippen molar-refractivity contribution in [3.63, 3.8) is 0 Å². The van der Waals surface area contributed by atoms with Gasteiger partial charge in [0.2, 0.25) is 5.88 Å². The molecule has 0 bridgehead atoms. The van der Waals surface area contributed by atoms with E-state index in [9.17, 15) is 9.59 Å². The van der Waals surface area contributed by atoms with E-state index < -0.39 is 6.09 Å². The van der Waals surface area contributed by atoms with E-state index in [1.54, 1.807) is 24.1 Å². The number of benzene rings is 1. The van der Waals surface area contributed by atoms with Gasteiger partial charge in [-0.2, -0.15) is 0 Å². The summed E-state index contributed by atoms with van der Waals surface area (Å²) >= 11 is 0. The van der Waals surface area contributed by atoms with Gasteiger partial charge >= 0.3 is 6.09 Å². The number of ether oxygens (including phenoxy) is 2.